The number of ether oxygens (including phenoxy) is 2. The molecule has 0 unspecified atom stereocenters. The van der Waals surface area contributed by atoms with Crippen molar-refractivity contribution in [3.8, 4) is 5.75 Å². The Morgan fingerprint density at radius 1 is 1.36 bits per heavy atom. The lowest BCUT2D eigenvalue weighted by Crippen LogP contribution is -2.62. The lowest BCUT2D eigenvalue weighted by Gasteiger charge is -2.50. The second-order valence-corrected chi connectivity index (χ2v) is 6.34. The highest BCUT2D eigenvalue weighted by atomic mass is 16.5. The molecule has 22 heavy (non-hydrogen) atoms. The van der Waals surface area contributed by atoms with Crippen molar-refractivity contribution >= 4 is 5.91 Å². The number of likely N-dealkylation sites (N-methyl/N-ethyl adjacent to an activating group) is 1. The normalized spacial score (nSPS) is 31.8. The van der Waals surface area contributed by atoms with Crippen LogP contribution in [0, 0.1) is 0 Å². The maximum Gasteiger partial charge on any atom is 0.259 e. The molecular formula is C18H25NO3. The van der Waals surface area contributed by atoms with Gasteiger partial charge in [-0.25, -0.2) is 0 Å². The molecule has 2 aliphatic rings. The zero-order valence-electron chi connectivity index (χ0n) is 13.7. The van der Waals surface area contributed by atoms with Crippen LogP contribution >= 0.6 is 0 Å². The first-order valence-electron chi connectivity index (χ1n) is 8.22. The number of rotatable bonds is 3. The number of fused-ring (bicyclic) bond motifs is 1. The third kappa shape index (κ3) is 2.30. The van der Waals surface area contributed by atoms with Gasteiger partial charge in [-0.15, -0.1) is 0 Å². The fraction of sp³-hybridized carbons (Fsp3) is 0.611. The van der Waals surface area contributed by atoms with Crippen LogP contribution in [0.25, 0.3) is 0 Å². The Bertz CT molecular complexity index is 559. The molecule has 1 aromatic carbocycles. The molecule has 1 aliphatic heterocycles. The molecule has 120 valence electrons. The molecule has 0 aromatic heterocycles. The first-order chi connectivity index (χ1) is 10.6. The van der Waals surface area contributed by atoms with Crippen LogP contribution in [0.1, 0.15) is 44.6 Å². The molecule has 3 rings (SSSR count). The number of morpholine rings is 1. The molecule has 1 aromatic rings. The summed E-state index contributed by atoms with van der Waals surface area (Å²) >= 11 is 0. The van der Waals surface area contributed by atoms with Crippen molar-refractivity contribution in [3.05, 3.63) is 29.8 Å². The first-order valence-corrected chi connectivity index (χ1v) is 8.22. The summed E-state index contributed by atoms with van der Waals surface area (Å²) in [7, 11) is 3.57. The molecule has 1 heterocycles. The Kier molecular flexibility index (Phi) is 4.13. The van der Waals surface area contributed by atoms with E-state index in [1.807, 2.05) is 43.1 Å². The molecular weight excluding hydrogens is 278 g/mol. The van der Waals surface area contributed by atoms with Gasteiger partial charge in [-0.05, 0) is 37.0 Å². The van der Waals surface area contributed by atoms with Gasteiger partial charge in [0.1, 0.15) is 5.75 Å². The van der Waals surface area contributed by atoms with E-state index in [1.54, 1.807) is 7.11 Å². The number of carbonyl (C=O) groups is 1. The highest BCUT2D eigenvalue weighted by Crippen LogP contribution is 2.42. The van der Waals surface area contributed by atoms with Gasteiger partial charge in [-0.3, -0.25) is 4.79 Å². The van der Waals surface area contributed by atoms with E-state index < -0.39 is 5.60 Å². The molecule has 0 bridgehead atoms. The predicted molar refractivity (Wildman–Crippen MR) is 84.9 cm³/mol. The zero-order chi connectivity index (χ0) is 15.7. The Labute approximate surface area is 132 Å². The Hall–Kier alpha value is -1.55. The quantitative estimate of drug-likeness (QED) is 0.861. The molecule has 1 aliphatic carbocycles. The maximum absolute atomic E-state index is 13.1. The number of amides is 1. The van der Waals surface area contributed by atoms with Gasteiger partial charge in [-0.2, -0.15) is 0 Å². The van der Waals surface area contributed by atoms with Gasteiger partial charge in [0.15, 0.2) is 5.60 Å². The van der Waals surface area contributed by atoms with Crippen LogP contribution < -0.4 is 4.74 Å². The van der Waals surface area contributed by atoms with E-state index in [9.17, 15) is 4.79 Å². The topological polar surface area (TPSA) is 38.8 Å². The standard InChI is InChI=1S/C18H25NO3/c1-4-18(13-8-7-9-14(12-13)21-3)17(20)19(2)15-10-5-6-11-16(15)22-18/h7-9,12,15-16H,4-6,10-11H2,1-3H3/t15-,16-,18+/m0/s1. The van der Waals surface area contributed by atoms with Crippen LogP contribution in [0.5, 0.6) is 5.75 Å². The molecule has 0 spiro atoms. The predicted octanol–water partition coefficient (Wildman–Crippen LogP) is 3.10. The summed E-state index contributed by atoms with van der Waals surface area (Å²) in [5.74, 6) is 0.835. The number of benzene rings is 1. The molecule has 1 saturated heterocycles. The minimum atomic E-state index is -0.873. The summed E-state index contributed by atoms with van der Waals surface area (Å²) in [6.07, 6.45) is 5.22. The molecule has 1 amide bonds. The summed E-state index contributed by atoms with van der Waals surface area (Å²) in [4.78, 5) is 15.0. The van der Waals surface area contributed by atoms with Crippen molar-refractivity contribution in [3.63, 3.8) is 0 Å². The largest absolute Gasteiger partial charge is 0.497 e. The van der Waals surface area contributed by atoms with E-state index in [0.717, 1.165) is 24.2 Å². The van der Waals surface area contributed by atoms with Gasteiger partial charge in [0, 0.05) is 7.05 Å². The second kappa shape index (κ2) is 5.92. The summed E-state index contributed by atoms with van der Waals surface area (Å²) in [5, 5.41) is 0. The summed E-state index contributed by atoms with van der Waals surface area (Å²) in [6, 6.07) is 7.95. The number of carbonyl (C=O) groups excluding carboxylic acids is 1. The van der Waals surface area contributed by atoms with Crippen LogP contribution in [0.15, 0.2) is 24.3 Å². The average Bonchev–Trinajstić information content (AvgIpc) is 2.58. The van der Waals surface area contributed by atoms with Crippen LogP contribution in [-0.4, -0.2) is 37.1 Å². The third-order valence-corrected chi connectivity index (χ3v) is 5.22. The summed E-state index contributed by atoms with van der Waals surface area (Å²) < 4.78 is 11.8. The highest BCUT2D eigenvalue weighted by Gasteiger charge is 2.51. The summed E-state index contributed by atoms with van der Waals surface area (Å²) in [5.41, 5.74) is 0.0251. The van der Waals surface area contributed by atoms with Gasteiger partial charge in [0.2, 0.25) is 0 Å². The van der Waals surface area contributed by atoms with Crippen molar-refractivity contribution in [1.82, 2.24) is 4.90 Å². The number of nitrogens with zero attached hydrogens (tertiary/aromatic N) is 1. The van der Waals surface area contributed by atoms with Gasteiger partial charge < -0.3 is 14.4 Å². The molecule has 0 N–H and O–H groups in total. The first kappa shape index (κ1) is 15.3. The minimum absolute atomic E-state index is 0.0754. The number of hydrogen-bond donors (Lipinski definition) is 0. The molecule has 1 saturated carbocycles. The van der Waals surface area contributed by atoms with Crippen LogP contribution in [0.4, 0.5) is 0 Å². The fourth-order valence-electron chi connectivity index (χ4n) is 3.91. The Morgan fingerprint density at radius 2 is 2.14 bits per heavy atom. The van der Waals surface area contributed by atoms with Crippen LogP contribution in [0.2, 0.25) is 0 Å². The average molecular weight is 303 g/mol. The van der Waals surface area contributed by atoms with Crippen molar-refractivity contribution in [1.29, 1.82) is 0 Å². The molecule has 3 atom stereocenters. The van der Waals surface area contributed by atoms with Crippen LogP contribution in [0.3, 0.4) is 0 Å². The smallest absolute Gasteiger partial charge is 0.259 e. The zero-order valence-corrected chi connectivity index (χ0v) is 13.7. The van der Waals surface area contributed by atoms with E-state index >= 15 is 0 Å². The molecule has 4 nitrogen and oxygen atoms in total. The van der Waals surface area contributed by atoms with Gasteiger partial charge in [-0.1, -0.05) is 31.9 Å². The second-order valence-electron chi connectivity index (χ2n) is 6.34. The third-order valence-electron chi connectivity index (χ3n) is 5.22. The van der Waals surface area contributed by atoms with Crippen molar-refractivity contribution in [2.24, 2.45) is 0 Å². The number of hydrogen-bond acceptors (Lipinski definition) is 3. The van der Waals surface area contributed by atoms with Gasteiger partial charge >= 0.3 is 0 Å². The van der Waals surface area contributed by atoms with E-state index in [4.69, 9.17) is 9.47 Å². The maximum atomic E-state index is 13.1. The van der Waals surface area contributed by atoms with E-state index in [2.05, 4.69) is 0 Å². The van der Waals surface area contributed by atoms with E-state index in [-0.39, 0.29) is 18.1 Å². The van der Waals surface area contributed by atoms with Crippen molar-refractivity contribution < 1.29 is 14.3 Å². The Morgan fingerprint density at radius 3 is 2.86 bits per heavy atom. The monoisotopic (exact) mass is 303 g/mol. The SMILES string of the molecule is CC[C@]1(c2cccc(OC)c2)O[C@H]2CCCC[C@@H]2N(C)C1=O. The molecule has 4 heteroatoms. The van der Waals surface area contributed by atoms with Gasteiger partial charge in [0.05, 0.1) is 19.3 Å². The van der Waals surface area contributed by atoms with Crippen LogP contribution in [-0.2, 0) is 15.1 Å². The van der Waals surface area contributed by atoms with E-state index in [0.29, 0.717) is 6.42 Å². The van der Waals surface area contributed by atoms with Crippen molar-refractivity contribution in [2.75, 3.05) is 14.2 Å². The Balaban J connectivity index is 2.01. The van der Waals surface area contributed by atoms with E-state index in [1.165, 1.54) is 12.8 Å². The fourth-order valence-corrected chi connectivity index (χ4v) is 3.91. The van der Waals surface area contributed by atoms with Gasteiger partial charge in [0.25, 0.3) is 5.91 Å². The molecule has 0 radical (unpaired) electrons. The molecule has 2 fully saturated rings. The minimum Gasteiger partial charge on any atom is -0.497 e. The lowest BCUT2D eigenvalue weighted by atomic mass is 9.82. The summed E-state index contributed by atoms with van der Waals surface area (Å²) in [6.45, 7) is 2.02. The lowest BCUT2D eigenvalue weighted by molar-refractivity contribution is -0.205. The van der Waals surface area contributed by atoms with Crippen molar-refractivity contribution in [2.45, 2.75) is 56.8 Å². The number of methoxy groups -OCH3 is 1. The highest BCUT2D eigenvalue weighted by molar-refractivity contribution is 5.87.